The second-order valence-corrected chi connectivity index (χ2v) is 4.09. The number of hydrogen-bond donors (Lipinski definition) is 0. The van der Waals surface area contributed by atoms with Crippen molar-refractivity contribution in [3.63, 3.8) is 0 Å². The molecule has 0 amide bonds. The average Bonchev–Trinajstić information content (AvgIpc) is 2.92. The maximum absolute atomic E-state index is 2.20. The maximum atomic E-state index is 2.20. The normalized spacial score (nSPS) is 9.06. The molecule has 2 aromatic rings. The third-order valence-electron chi connectivity index (χ3n) is 2.54. The summed E-state index contributed by atoms with van der Waals surface area (Å²) in [5.74, 6) is 0. The maximum Gasteiger partial charge on any atom is 2.00 e. The van der Waals surface area contributed by atoms with Gasteiger partial charge in [0, 0.05) is 0 Å². The summed E-state index contributed by atoms with van der Waals surface area (Å²) in [6, 6.07) is 17.0. The first kappa shape index (κ1) is 16.2. The van der Waals surface area contributed by atoms with Gasteiger partial charge in [-0.3, -0.25) is 0 Å². The van der Waals surface area contributed by atoms with E-state index in [1.807, 2.05) is 0 Å². The van der Waals surface area contributed by atoms with Crippen LogP contribution in [0, 0.1) is 0 Å². The van der Waals surface area contributed by atoms with Gasteiger partial charge in [-0.05, 0) is 0 Å². The Morgan fingerprint density at radius 1 is 0.647 bits per heavy atom. The Hall–Kier alpha value is -0.781. The zero-order valence-corrected chi connectivity index (χ0v) is 12.0. The van der Waals surface area contributed by atoms with Crippen LogP contribution in [0.2, 0.25) is 0 Å². The molecule has 0 spiro atoms. The fourth-order valence-electron chi connectivity index (χ4n) is 1.74. The Balaban J connectivity index is 0.000000284. The van der Waals surface area contributed by atoms with Crippen LogP contribution >= 0.6 is 0 Å². The molecule has 0 unspecified atom stereocenters. The molecular weight excluding hydrogens is 247 g/mol. The van der Waals surface area contributed by atoms with Gasteiger partial charge in [-0.2, -0.15) is 35.4 Å². The second kappa shape index (κ2) is 10.4. The largest absolute Gasteiger partial charge is 2.00 e. The van der Waals surface area contributed by atoms with E-state index in [0.717, 1.165) is 0 Å². The molecule has 0 saturated carbocycles. The van der Waals surface area contributed by atoms with Gasteiger partial charge >= 0.3 is 17.1 Å². The molecular formula is C16H22Mn. The van der Waals surface area contributed by atoms with Crippen LogP contribution < -0.4 is 0 Å². The van der Waals surface area contributed by atoms with Gasteiger partial charge in [0.2, 0.25) is 0 Å². The summed E-state index contributed by atoms with van der Waals surface area (Å²) in [4.78, 5) is 0. The number of rotatable bonds is 4. The molecule has 0 atom stereocenters. The van der Waals surface area contributed by atoms with Crippen molar-refractivity contribution in [2.45, 2.75) is 39.5 Å². The summed E-state index contributed by atoms with van der Waals surface area (Å²) in [5, 5.41) is 0. The molecule has 0 aliphatic heterocycles. The van der Waals surface area contributed by atoms with E-state index in [2.05, 4.69) is 62.4 Å². The van der Waals surface area contributed by atoms with Crippen LogP contribution in [0.3, 0.4) is 0 Å². The Labute approximate surface area is 116 Å². The van der Waals surface area contributed by atoms with Gasteiger partial charge in [0.25, 0.3) is 0 Å². The molecule has 0 heterocycles. The third-order valence-corrected chi connectivity index (χ3v) is 2.54. The van der Waals surface area contributed by atoms with E-state index >= 15 is 0 Å². The van der Waals surface area contributed by atoms with Gasteiger partial charge < -0.3 is 0 Å². The summed E-state index contributed by atoms with van der Waals surface area (Å²) in [5.41, 5.74) is 2.93. The topological polar surface area (TPSA) is 0 Å². The van der Waals surface area contributed by atoms with Crippen LogP contribution in [0.4, 0.5) is 0 Å². The van der Waals surface area contributed by atoms with E-state index in [4.69, 9.17) is 0 Å². The van der Waals surface area contributed by atoms with Crippen molar-refractivity contribution in [3.05, 3.63) is 59.7 Å². The molecule has 0 aliphatic rings. The summed E-state index contributed by atoms with van der Waals surface area (Å²) in [6.45, 7) is 4.40. The standard InChI is InChI=1S/2C8H11.Mn/c2*1-2-5-8-6-3-4-7-8;/h2*3-4,6-7H,2,5H2,1H3;/q2*-1;+2. The number of hydrogen-bond acceptors (Lipinski definition) is 0. The second-order valence-electron chi connectivity index (χ2n) is 4.09. The van der Waals surface area contributed by atoms with Crippen LogP contribution in [-0.4, -0.2) is 0 Å². The molecule has 0 saturated heterocycles. The van der Waals surface area contributed by atoms with Crippen molar-refractivity contribution in [1.82, 2.24) is 0 Å². The Morgan fingerprint density at radius 3 is 1.18 bits per heavy atom. The smallest absolute Gasteiger partial charge is 0.213 e. The van der Waals surface area contributed by atoms with Crippen LogP contribution in [0.5, 0.6) is 0 Å². The predicted molar refractivity (Wildman–Crippen MR) is 72.1 cm³/mol. The van der Waals surface area contributed by atoms with Crippen LogP contribution in [0.25, 0.3) is 0 Å². The Morgan fingerprint density at radius 2 is 0.941 bits per heavy atom. The van der Waals surface area contributed by atoms with E-state index in [9.17, 15) is 0 Å². The SMILES string of the molecule is CCC[c-]1cccc1.CCC[c-]1cccc1.[Mn+2]. The molecule has 0 nitrogen and oxygen atoms in total. The first-order valence-electron chi connectivity index (χ1n) is 6.28. The van der Waals surface area contributed by atoms with Crippen LogP contribution in [0.15, 0.2) is 48.5 Å². The molecule has 0 aliphatic carbocycles. The molecule has 0 aromatic heterocycles. The van der Waals surface area contributed by atoms with Crippen molar-refractivity contribution in [1.29, 1.82) is 0 Å². The summed E-state index contributed by atoms with van der Waals surface area (Å²) in [7, 11) is 0. The zero-order valence-electron chi connectivity index (χ0n) is 10.8. The minimum atomic E-state index is 0. The first-order chi connectivity index (χ1) is 7.86. The Bertz CT molecular complexity index is 293. The monoisotopic (exact) mass is 269 g/mol. The quantitative estimate of drug-likeness (QED) is 0.557. The van der Waals surface area contributed by atoms with Gasteiger partial charge in [-0.1, -0.05) is 39.5 Å². The van der Waals surface area contributed by atoms with Gasteiger partial charge in [0.1, 0.15) is 0 Å². The van der Waals surface area contributed by atoms with Gasteiger partial charge in [-0.25, -0.2) is 24.3 Å². The van der Waals surface area contributed by atoms with Crippen molar-refractivity contribution >= 4 is 0 Å². The summed E-state index contributed by atoms with van der Waals surface area (Å²) < 4.78 is 0. The van der Waals surface area contributed by atoms with Crippen molar-refractivity contribution in [2.24, 2.45) is 0 Å². The molecule has 2 rings (SSSR count). The minimum Gasteiger partial charge on any atom is -0.213 e. The van der Waals surface area contributed by atoms with Crippen LogP contribution in [-0.2, 0) is 29.9 Å². The van der Waals surface area contributed by atoms with E-state index in [-0.39, 0.29) is 17.1 Å². The molecule has 17 heavy (non-hydrogen) atoms. The molecule has 0 bridgehead atoms. The average molecular weight is 269 g/mol. The van der Waals surface area contributed by atoms with Gasteiger partial charge in [-0.15, -0.1) is 0 Å². The van der Waals surface area contributed by atoms with Crippen molar-refractivity contribution in [3.8, 4) is 0 Å². The predicted octanol–water partition coefficient (Wildman–Crippen LogP) is 4.71. The first-order valence-corrected chi connectivity index (χ1v) is 6.28. The van der Waals surface area contributed by atoms with E-state index < -0.39 is 0 Å². The van der Waals surface area contributed by atoms with Gasteiger partial charge in [0.15, 0.2) is 0 Å². The fraction of sp³-hybridized carbons (Fsp3) is 0.375. The zero-order chi connectivity index (χ0) is 11.6. The Kier molecular flexibility index (Phi) is 9.90. The van der Waals surface area contributed by atoms with E-state index in [1.54, 1.807) is 0 Å². The molecule has 93 valence electrons. The summed E-state index contributed by atoms with van der Waals surface area (Å²) in [6.07, 6.45) is 4.97. The number of aryl methyl sites for hydroxylation is 2. The molecule has 1 heteroatoms. The molecule has 0 fully saturated rings. The van der Waals surface area contributed by atoms with Gasteiger partial charge in [0.05, 0.1) is 0 Å². The molecule has 1 radical (unpaired) electrons. The van der Waals surface area contributed by atoms with Crippen molar-refractivity contribution in [2.75, 3.05) is 0 Å². The minimum absolute atomic E-state index is 0. The third kappa shape index (κ3) is 7.20. The van der Waals surface area contributed by atoms with Crippen LogP contribution in [0.1, 0.15) is 37.8 Å². The summed E-state index contributed by atoms with van der Waals surface area (Å²) >= 11 is 0. The molecule has 2 aromatic carbocycles. The molecule has 0 N–H and O–H groups in total. The van der Waals surface area contributed by atoms with Crippen molar-refractivity contribution < 1.29 is 17.1 Å². The van der Waals surface area contributed by atoms with E-state index in [1.165, 1.54) is 36.8 Å². The van der Waals surface area contributed by atoms with E-state index in [0.29, 0.717) is 0 Å². The fourth-order valence-corrected chi connectivity index (χ4v) is 1.74.